The smallest absolute Gasteiger partial charge is 0.307 e. The molecule has 3 rings (SSSR count). The number of benzene rings is 1. The Morgan fingerprint density at radius 2 is 2.26 bits per heavy atom. The first kappa shape index (κ1) is 15.2. The van der Waals surface area contributed by atoms with Crippen LogP contribution < -0.4 is 15.4 Å². The van der Waals surface area contributed by atoms with Gasteiger partial charge in [-0.2, -0.15) is 13.8 Å². The maximum atomic E-state index is 13.1. The van der Waals surface area contributed by atoms with Gasteiger partial charge in [-0.1, -0.05) is 5.16 Å². The Morgan fingerprint density at radius 3 is 2.91 bits per heavy atom. The minimum absolute atomic E-state index is 0.0772. The SMILES string of the molecule is CC(F)(F)c1noc(CN2CCOc3cc(C(N)=O)ccc32)n1. The van der Waals surface area contributed by atoms with Crippen molar-refractivity contribution in [3.05, 3.63) is 35.5 Å². The number of halogens is 2. The van der Waals surface area contributed by atoms with E-state index in [2.05, 4.69) is 10.1 Å². The summed E-state index contributed by atoms with van der Waals surface area (Å²) < 4.78 is 36.7. The largest absolute Gasteiger partial charge is 0.490 e. The number of amides is 1. The van der Waals surface area contributed by atoms with E-state index in [4.69, 9.17) is 15.0 Å². The molecule has 0 unspecified atom stereocenters. The first-order valence-corrected chi connectivity index (χ1v) is 6.87. The standard InChI is InChI=1S/C14H14F2N4O3/c1-14(15,16)13-18-11(23-19-13)7-20-4-5-22-10-6-8(12(17)21)2-3-9(10)20/h2-3,6H,4-5,7H2,1H3,(H2,17,21). The molecule has 23 heavy (non-hydrogen) atoms. The summed E-state index contributed by atoms with van der Waals surface area (Å²) in [5.41, 5.74) is 6.26. The van der Waals surface area contributed by atoms with E-state index >= 15 is 0 Å². The van der Waals surface area contributed by atoms with Gasteiger partial charge in [-0.15, -0.1) is 0 Å². The Labute approximate surface area is 130 Å². The molecule has 2 aromatic rings. The summed E-state index contributed by atoms with van der Waals surface area (Å²) in [6.45, 7) is 1.76. The molecule has 0 bridgehead atoms. The number of anilines is 1. The van der Waals surface area contributed by atoms with Crippen molar-refractivity contribution in [2.45, 2.75) is 19.4 Å². The number of alkyl halides is 2. The number of hydrogen-bond donors (Lipinski definition) is 1. The topological polar surface area (TPSA) is 94.5 Å². The van der Waals surface area contributed by atoms with Crippen LogP contribution in [0, 0.1) is 0 Å². The van der Waals surface area contributed by atoms with Gasteiger partial charge < -0.3 is 19.9 Å². The molecule has 0 fully saturated rings. The third-order valence-electron chi connectivity index (χ3n) is 3.39. The Kier molecular flexibility index (Phi) is 3.63. The van der Waals surface area contributed by atoms with Crippen molar-refractivity contribution in [3.8, 4) is 5.75 Å². The third kappa shape index (κ3) is 3.08. The molecule has 2 heterocycles. The predicted molar refractivity (Wildman–Crippen MR) is 75.4 cm³/mol. The molecule has 1 aliphatic rings. The average molecular weight is 324 g/mol. The van der Waals surface area contributed by atoms with Crippen LogP contribution in [-0.4, -0.2) is 29.2 Å². The number of nitrogens with two attached hydrogens (primary N) is 1. The Bertz CT molecular complexity index is 742. The lowest BCUT2D eigenvalue weighted by atomic mass is 10.1. The highest BCUT2D eigenvalue weighted by molar-refractivity contribution is 5.94. The van der Waals surface area contributed by atoms with Crippen molar-refractivity contribution in [1.82, 2.24) is 10.1 Å². The first-order valence-electron chi connectivity index (χ1n) is 6.87. The highest BCUT2D eigenvalue weighted by atomic mass is 19.3. The molecular weight excluding hydrogens is 310 g/mol. The number of aromatic nitrogens is 2. The van der Waals surface area contributed by atoms with E-state index in [0.717, 1.165) is 0 Å². The highest BCUT2D eigenvalue weighted by Gasteiger charge is 2.31. The number of primary amides is 1. The number of fused-ring (bicyclic) bond motifs is 1. The normalized spacial score (nSPS) is 14.3. The van der Waals surface area contributed by atoms with Gasteiger partial charge in [0.15, 0.2) is 0 Å². The van der Waals surface area contributed by atoms with E-state index in [1.807, 2.05) is 4.90 Å². The summed E-state index contributed by atoms with van der Waals surface area (Å²) in [4.78, 5) is 16.8. The molecule has 1 aromatic carbocycles. The number of carbonyl (C=O) groups is 1. The second-order valence-corrected chi connectivity index (χ2v) is 5.22. The molecule has 122 valence electrons. The van der Waals surface area contributed by atoms with Crippen LogP contribution >= 0.6 is 0 Å². The fourth-order valence-electron chi connectivity index (χ4n) is 2.26. The fraction of sp³-hybridized carbons (Fsp3) is 0.357. The molecule has 2 N–H and O–H groups in total. The van der Waals surface area contributed by atoms with Crippen LogP contribution in [-0.2, 0) is 12.5 Å². The van der Waals surface area contributed by atoms with Crippen molar-refractivity contribution >= 4 is 11.6 Å². The first-order chi connectivity index (χ1) is 10.8. The molecule has 1 amide bonds. The molecule has 1 aliphatic heterocycles. The van der Waals surface area contributed by atoms with E-state index in [1.165, 1.54) is 0 Å². The molecule has 0 radical (unpaired) electrons. The van der Waals surface area contributed by atoms with Crippen molar-refractivity contribution in [1.29, 1.82) is 0 Å². The van der Waals surface area contributed by atoms with E-state index in [-0.39, 0.29) is 12.4 Å². The highest BCUT2D eigenvalue weighted by Crippen LogP contribution is 2.33. The fourth-order valence-corrected chi connectivity index (χ4v) is 2.26. The molecule has 0 aliphatic carbocycles. The zero-order valence-electron chi connectivity index (χ0n) is 12.3. The minimum atomic E-state index is -3.15. The molecule has 0 saturated carbocycles. The lowest BCUT2D eigenvalue weighted by Gasteiger charge is -2.30. The summed E-state index contributed by atoms with van der Waals surface area (Å²) >= 11 is 0. The second-order valence-electron chi connectivity index (χ2n) is 5.22. The van der Waals surface area contributed by atoms with Crippen molar-refractivity contribution in [2.75, 3.05) is 18.1 Å². The Morgan fingerprint density at radius 1 is 1.48 bits per heavy atom. The van der Waals surface area contributed by atoms with Crippen LogP contribution in [0.4, 0.5) is 14.5 Å². The van der Waals surface area contributed by atoms with Gasteiger partial charge in [-0.3, -0.25) is 4.79 Å². The van der Waals surface area contributed by atoms with Gasteiger partial charge in [0.1, 0.15) is 12.4 Å². The number of ether oxygens (including phenoxy) is 1. The molecular formula is C14H14F2N4O3. The van der Waals surface area contributed by atoms with E-state index < -0.39 is 17.7 Å². The Hall–Kier alpha value is -2.71. The van der Waals surface area contributed by atoms with E-state index in [9.17, 15) is 13.6 Å². The summed E-state index contributed by atoms with van der Waals surface area (Å²) in [5, 5.41) is 3.29. The third-order valence-corrected chi connectivity index (χ3v) is 3.39. The van der Waals surface area contributed by atoms with E-state index in [0.29, 0.717) is 37.1 Å². The zero-order valence-corrected chi connectivity index (χ0v) is 12.3. The minimum Gasteiger partial charge on any atom is -0.490 e. The van der Waals surface area contributed by atoms with Crippen molar-refractivity contribution in [2.24, 2.45) is 5.73 Å². The van der Waals surface area contributed by atoms with Gasteiger partial charge in [-0.25, -0.2) is 0 Å². The second kappa shape index (κ2) is 5.49. The summed E-state index contributed by atoms with van der Waals surface area (Å²) in [6.07, 6.45) is 0. The summed E-state index contributed by atoms with van der Waals surface area (Å²) in [7, 11) is 0. The van der Waals surface area contributed by atoms with Crippen LogP contribution in [0.15, 0.2) is 22.7 Å². The Balaban J connectivity index is 1.83. The van der Waals surface area contributed by atoms with Crippen LogP contribution in [0.2, 0.25) is 0 Å². The quantitative estimate of drug-likeness (QED) is 0.919. The van der Waals surface area contributed by atoms with Gasteiger partial charge in [-0.05, 0) is 18.2 Å². The van der Waals surface area contributed by atoms with Gasteiger partial charge >= 0.3 is 5.92 Å². The van der Waals surface area contributed by atoms with Crippen LogP contribution in [0.3, 0.4) is 0 Å². The van der Waals surface area contributed by atoms with Gasteiger partial charge in [0, 0.05) is 12.5 Å². The molecule has 1 aromatic heterocycles. The number of hydrogen-bond acceptors (Lipinski definition) is 6. The van der Waals surface area contributed by atoms with Crippen molar-refractivity contribution in [3.63, 3.8) is 0 Å². The summed E-state index contributed by atoms with van der Waals surface area (Å²) in [5.74, 6) is -3.78. The molecule has 0 saturated heterocycles. The lowest BCUT2D eigenvalue weighted by molar-refractivity contribution is 0.00559. The monoisotopic (exact) mass is 324 g/mol. The average Bonchev–Trinajstić information content (AvgIpc) is 2.95. The molecule has 0 spiro atoms. The van der Waals surface area contributed by atoms with E-state index in [1.54, 1.807) is 18.2 Å². The van der Waals surface area contributed by atoms with Crippen molar-refractivity contribution < 1.29 is 22.8 Å². The van der Waals surface area contributed by atoms with Crippen LogP contribution in [0.1, 0.15) is 29.0 Å². The van der Waals surface area contributed by atoms with Gasteiger partial charge in [0.05, 0.1) is 18.8 Å². The molecule has 9 heteroatoms. The number of rotatable bonds is 4. The number of nitrogens with zero attached hydrogens (tertiary/aromatic N) is 3. The number of carbonyl (C=O) groups excluding carboxylic acids is 1. The maximum Gasteiger partial charge on any atom is 0.307 e. The maximum absolute atomic E-state index is 13.1. The predicted octanol–water partition coefficient (Wildman–Crippen LogP) is 1.68. The van der Waals surface area contributed by atoms with Crippen LogP contribution in [0.5, 0.6) is 5.75 Å². The van der Waals surface area contributed by atoms with Gasteiger partial charge in [0.25, 0.3) is 0 Å². The summed E-state index contributed by atoms with van der Waals surface area (Å²) in [6, 6.07) is 4.80. The van der Waals surface area contributed by atoms with Gasteiger partial charge in [0.2, 0.25) is 17.6 Å². The molecule has 7 nitrogen and oxygen atoms in total. The lowest BCUT2D eigenvalue weighted by Crippen LogP contribution is -2.32. The molecule has 0 atom stereocenters. The van der Waals surface area contributed by atoms with Crippen LogP contribution in [0.25, 0.3) is 0 Å². The zero-order chi connectivity index (χ0) is 16.6.